The van der Waals surface area contributed by atoms with Crippen molar-refractivity contribution in [1.82, 2.24) is 10.9 Å². The summed E-state index contributed by atoms with van der Waals surface area (Å²) >= 11 is 0. The standard InChI is InChI=1S/C21H20N2O4/c1-13(2)27-17-9-7-14(8-10-17)20(25)22-23-21(26)18-11-15-5-3-4-6-16(15)12-19(18)24/h3-13,24H,1-2H3,(H,22,25)(H,23,26). The third kappa shape index (κ3) is 4.36. The van der Waals surface area contributed by atoms with Crippen LogP contribution in [0.25, 0.3) is 10.8 Å². The Hall–Kier alpha value is -3.54. The van der Waals surface area contributed by atoms with Crippen LogP contribution in [0.5, 0.6) is 11.5 Å². The summed E-state index contributed by atoms with van der Waals surface area (Å²) in [6.07, 6.45) is 0.0404. The van der Waals surface area contributed by atoms with E-state index >= 15 is 0 Å². The van der Waals surface area contributed by atoms with E-state index in [9.17, 15) is 14.7 Å². The predicted octanol–water partition coefficient (Wildman–Crippen LogP) is 3.41. The molecule has 3 N–H and O–H groups in total. The summed E-state index contributed by atoms with van der Waals surface area (Å²) in [6.45, 7) is 3.83. The third-order valence-corrected chi connectivity index (χ3v) is 3.89. The zero-order valence-electron chi connectivity index (χ0n) is 15.0. The van der Waals surface area contributed by atoms with Crippen LogP contribution in [0.2, 0.25) is 0 Å². The molecule has 0 fully saturated rings. The molecule has 3 aromatic carbocycles. The van der Waals surface area contributed by atoms with Crippen molar-refractivity contribution in [3.8, 4) is 11.5 Å². The van der Waals surface area contributed by atoms with Gasteiger partial charge in [-0.1, -0.05) is 24.3 Å². The van der Waals surface area contributed by atoms with E-state index in [1.807, 2.05) is 38.1 Å². The predicted molar refractivity (Wildman–Crippen MR) is 103 cm³/mol. The molecule has 0 aliphatic rings. The quantitative estimate of drug-likeness (QED) is 0.619. The number of hydrogen-bond acceptors (Lipinski definition) is 4. The number of carbonyl (C=O) groups excluding carboxylic acids is 2. The molecule has 0 aliphatic carbocycles. The van der Waals surface area contributed by atoms with Crippen molar-refractivity contribution >= 4 is 22.6 Å². The Morgan fingerprint density at radius 3 is 2.11 bits per heavy atom. The molecule has 0 aliphatic heterocycles. The Balaban J connectivity index is 1.66. The Morgan fingerprint density at radius 2 is 1.48 bits per heavy atom. The molecule has 0 atom stereocenters. The SMILES string of the molecule is CC(C)Oc1ccc(C(=O)NNC(=O)c2cc3ccccc3cc2O)cc1. The van der Waals surface area contributed by atoms with E-state index in [1.165, 1.54) is 6.07 Å². The van der Waals surface area contributed by atoms with Crippen molar-refractivity contribution in [3.05, 3.63) is 71.8 Å². The largest absolute Gasteiger partial charge is 0.507 e. The van der Waals surface area contributed by atoms with Crippen molar-refractivity contribution in [3.63, 3.8) is 0 Å². The van der Waals surface area contributed by atoms with Crippen LogP contribution in [0, 0.1) is 0 Å². The van der Waals surface area contributed by atoms with Gasteiger partial charge in [0.2, 0.25) is 0 Å². The number of hydrazine groups is 1. The highest BCUT2D eigenvalue weighted by Gasteiger charge is 2.14. The van der Waals surface area contributed by atoms with E-state index in [0.717, 1.165) is 10.8 Å². The van der Waals surface area contributed by atoms with Gasteiger partial charge < -0.3 is 9.84 Å². The second-order valence-electron chi connectivity index (χ2n) is 6.32. The van der Waals surface area contributed by atoms with Crippen molar-refractivity contribution in [1.29, 1.82) is 0 Å². The van der Waals surface area contributed by atoms with Crippen LogP contribution in [-0.4, -0.2) is 23.0 Å². The fraction of sp³-hybridized carbons (Fsp3) is 0.143. The first kappa shape index (κ1) is 18.3. The summed E-state index contributed by atoms with van der Waals surface area (Å²) in [7, 11) is 0. The summed E-state index contributed by atoms with van der Waals surface area (Å²) < 4.78 is 5.52. The number of amides is 2. The molecule has 2 amide bonds. The number of benzene rings is 3. The van der Waals surface area contributed by atoms with Crippen LogP contribution >= 0.6 is 0 Å². The smallest absolute Gasteiger partial charge is 0.273 e. The summed E-state index contributed by atoms with van der Waals surface area (Å²) in [4.78, 5) is 24.5. The van der Waals surface area contributed by atoms with Crippen molar-refractivity contribution < 1.29 is 19.4 Å². The normalized spacial score (nSPS) is 10.6. The molecule has 6 nitrogen and oxygen atoms in total. The van der Waals surface area contributed by atoms with Crippen LogP contribution in [0.4, 0.5) is 0 Å². The highest BCUT2D eigenvalue weighted by atomic mass is 16.5. The molecular weight excluding hydrogens is 344 g/mol. The first-order chi connectivity index (χ1) is 12.9. The minimum Gasteiger partial charge on any atom is -0.507 e. The van der Waals surface area contributed by atoms with Gasteiger partial charge in [0.25, 0.3) is 11.8 Å². The lowest BCUT2D eigenvalue weighted by Gasteiger charge is -2.11. The summed E-state index contributed by atoms with van der Waals surface area (Å²) in [6, 6.07) is 17.0. The molecule has 0 saturated heterocycles. The zero-order chi connectivity index (χ0) is 19.4. The maximum atomic E-state index is 12.3. The average molecular weight is 364 g/mol. The molecule has 0 heterocycles. The van der Waals surface area contributed by atoms with E-state index in [0.29, 0.717) is 11.3 Å². The highest BCUT2D eigenvalue weighted by molar-refractivity contribution is 6.03. The Bertz CT molecular complexity index is 981. The molecular formula is C21H20N2O4. The molecule has 138 valence electrons. The van der Waals surface area contributed by atoms with Gasteiger partial charge in [-0.25, -0.2) is 0 Å². The average Bonchev–Trinajstić information content (AvgIpc) is 2.65. The summed E-state index contributed by atoms with van der Waals surface area (Å²) in [5.74, 6) is -0.576. The fourth-order valence-electron chi connectivity index (χ4n) is 2.62. The minimum atomic E-state index is -0.605. The fourth-order valence-corrected chi connectivity index (χ4v) is 2.62. The topological polar surface area (TPSA) is 87.7 Å². The van der Waals surface area contributed by atoms with Crippen LogP contribution in [0.1, 0.15) is 34.6 Å². The highest BCUT2D eigenvalue weighted by Crippen LogP contribution is 2.24. The van der Waals surface area contributed by atoms with Crippen LogP contribution in [0.15, 0.2) is 60.7 Å². The first-order valence-electron chi connectivity index (χ1n) is 8.53. The number of hydrogen-bond donors (Lipinski definition) is 3. The number of aromatic hydroxyl groups is 1. The van der Waals surface area contributed by atoms with E-state index in [-0.39, 0.29) is 17.4 Å². The van der Waals surface area contributed by atoms with Gasteiger partial charge in [-0.15, -0.1) is 0 Å². The van der Waals surface area contributed by atoms with E-state index in [2.05, 4.69) is 10.9 Å². The number of fused-ring (bicyclic) bond motifs is 1. The Morgan fingerprint density at radius 1 is 0.889 bits per heavy atom. The van der Waals surface area contributed by atoms with Gasteiger partial charge in [0.15, 0.2) is 0 Å². The van der Waals surface area contributed by atoms with E-state index in [4.69, 9.17) is 4.74 Å². The lowest BCUT2D eigenvalue weighted by atomic mass is 10.1. The van der Waals surface area contributed by atoms with Crippen molar-refractivity contribution in [2.45, 2.75) is 20.0 Å². The van der Waals surface area contributed by atoms with Gasteiger partial charge >= 0.3 is 0 Å². The maximum absolute atomic E-state index is 12.3. The molecule has 3 aromatic rings. The second kappa shape index (κ2) is 7.78. The first-order valence-corrected chi connectivity index (χ1v) is 8.53. The Kier molecular flexibility index (Phi) is 5.26. The van der Waals surface area contributed by atoms with Gasteiger partial charge in [0.1, 0.15) is 11.5 Å². The van der Waals surface area contributed by atoms with Gasteiger partial charge in [-0.05, 0) is 61.0 Å². The van der Waals surface area contributed by atoms with Crippen LogP contribution in [0.3, 0.4) is 0 Å². The Labute approximate surface area is 156 Å². The number of carbonyl (C=O) groups is 2. The number of phenols is 1. The lowest BCUT2D eigenvalue weighted by molar-refractivity contribution is 0.0845. The number of phenolic OH excluding ortho intramolecular Hbond substituents is 1. The molecule has 0 radical (unpaired) electrons. The number of rotatable bonds is 4. The van der Waals surface area contributed by atoms with Crippen molar-refractivity contribution in [2.75, 3.05) is 0 Å². The molecule has 0 spiro atoms. The molecule has 0 aromatic heterocycles. The van der Waals surface area contributed by atoms with E-state index in [1.54, 1.807) is 30.3 Å². The number of nitrogens with one attached hydrogen (secondary N) is 2. The third-order valence-electron chi connectivity index (χ3n) is 3.89. The second-order valence-corrected chi connectivity index (χ2v) is 6.32. The van der Waals surface area contributed by atoms with Gasteiger partial charge in [0.05, 0.1) is 11.7 Å². The monoisotopic (exact) mass is 364 g/mol. The van der Waals surface area contributed by atoms with Crippen LogP contribution in [-0.2, 0) is 0 Å². The minimum absolute atomic E-state index is 0.0404. The van der Waals surface area contributed by atoms with Gasteiger partial charge in [-0.2, -0.15) is 0 Å². The van der Waals surface area contributed by atoms with Crippen LogP contribution < -0.4 is 15.6 Å². The van der Waals surface area contributed by atoms with Crippen molar-refractivity contribution in [2.24, 2.45) is 0 Å². The van der Waals surface area contributed by atoms with Gasteiger partial charge in [0, 0.05) is 5.56 Å². The molecule has 0 saturated carbocycles. The van der Waals surface area contributed by atoms with Gasteiger partial charge in [-0.3, -0.25) is 20.4 Å². The van der Waals surface area contributed by atoms with E-state index < -0.39 is 11.8 Å². The summed E-state index contributed by atoms with van der Waals surface area (Å²) in [5, 5.41) is 11.7. The molecule has 27 heavy (non-hydrogen) atoms. The zero-order valence-corrected chi connectivity index (χ0v) is 15.0. The molecule has 6 heteroatoms. The number of ether oxygens (including phenoxy) is 1. The molecule has 0 bridgehead atoms. The lowest BCUT2D eigenvalue weighted by Crippen LogP contribution is -2.41. The maximum Gasteiger partial charge on any atom is 0.273 e. The molecule has 3 rings (SSSR count). The summed E-state index contributed by atoms with van der Waals surface area (Å²) in [5.41, 5.74) is 5.11. The molecule has 0 unspecified atom stereocenters.